The Hall–Kier alpha value is -2.62. The van der Waals surface area contributed by atoms with Crippen LogP contribution in [0.3, 0.4) is 0 Å². The molecule has 5 rings (SSSR count). The van der Waals surface area contributed by atoms with E-state index >= 15 is 0 Å². The fourth-order valence-corrected chi connectivity index (χ4v) is 6.22. The van der Waals surface area contributed by atoms with E-state index in [9.17, 15) is 9.59 Å². The van der Waals surface area contributed by atoms with Crippen molar-refractivity contribution in [3.8, 4) is 0 Å². The quantitative estimate of drug-likeness (QED) is 0.664. The number of rotatable bonds is 4. The Morgan fingerprint density at radius 2 is 1.20 bits per heavy atom. The van der Waals surface area contributed by atoms with Crippen molar-refractivity contribution in [3.63, 3.8) is 0 Å². The second-order valence-electron chi connectivity index (χ2n) is 9.30. The van der Waals surface area contributed by atoms with E-state index in [2.05, 4.69) is 0 Å². The monoisotopic (exact) mass is 404 g/mol. The van der Waals surface area contributed by atoms with E-state index in [1.54, 1.807) is 12.1 Å². The fourth-order valence-electron chi connectivity index (χ4n) is 6.22. The SMILES string of the molecule is Cc1cccc(C(=O)OC2C3CC(C4CCCC43)C2OC(=O)c2cccc(C)c2)c1. The van der Waals surface area contributed by atoms with E-state index in [4.69, 9.17) is 9.47 Å². The van der Waals surface area contributed by atoms with Crippen molar-refractivity contribution in [3.05, 3.63) is 70.8 Å². The molecule has 3 fully saturated rings. The van der Waals surface area contributed by atoms with Crippen LogP contribution >= 0.6 is 0 Å². The standard InChI is InChI=1S/C26H28O4/c1-15-6-3-8-17(12-15)25(27)29-23-21-14-22(20-11-5-10-19(20)21)24(23)30-26(28)18-9-4-7-16(2)13-18/h3-4,6-9,12-13,19-24H,5,10-11,14H2,1-2H3. The predicted octanol–water partition coefficient (Wildman–Crippen LogP) is 5.12. The number of hydrogen-bond donors (Lipinski definition) is 0. The first-order valence-electron chi connectivity index (χ1n) is 11.1. The van der Waals surface area contributed by atoms with Crippen LogP contribution in [0.1, 0.15) is 57.5 Å². The summed E-state index contributed by atoms with van der Waals surface area (Å²) in [4.78, 5) is 25.8. The molecule has 156 valence electrons. The second-order valence-corrected chi connectivity index (χ2v) is 9.30. The number of ether oxygens (including phenoxy) is 2. The van der Waals surface area contributed by atoms with E-state index in [1.165, 1.54) is 19.3 Å². The predicted molar refractivity (Wildman–Crippen MR) is 113 cm³/mol. The Morgan fingerprint density at radius 3 is 1.63 bits per heavy atom. The van der Waals surface area contributed by atoms with Gasteiger partial charge in [-0.25, -0.2) is 9.59 Å². The van der Waals surface area contributed by atoms with Crippen LogP contribution in [0.5, 0.6) is 0 Å². The van der Waals surface area contributed by atoms with E-state index < -0.39 is 0 Å². The van der Waals surface area contributed by atoms with Gasteiger partial charge < -0.3 is 9.47 Å². The molecule has 2 bridgehead atoms. The van der Waals surface area contributed by atoms with Gasteiger partial charge in [0.05, 0.1) is 11.1 Å². The fraction of sp³-hybridized carbons (Fsp3) is 0.462. The molecule has 0 heterocycles. The molecule has 30 heavy (non-hydrogen) atoms. The summed E-state index contributed by atoms with van der Waals surface area (Å²) >= 11 is 0. The molecule has 0 aromatic heterocycles. The Balaban J connectivity index is 1.39. The zero-order valence-corrected chi connectivity index (χ0v) is 17.5. The highest BCUT2D eigenvalue weighted by molar-refractivity contribution is 5.90. The molecule has 3 aliphatic rings. The first kappa shape index (κ1) is 19.3. The highest BCUT2D eigenvalue weighted by Gasteiger charge is 2.62. The highest BCUT2D eigenvalue weighted by Crippen LogP contribution is 2.60. The minimum atomic E-state index is -0.351. The van der Waals surface area contributed by atoms with Gasteiger partial charge in [-0.3, -0.25) is 0 Å². The minimum Gasteiger partial charge on any atom is -0.455 e. The van der Waals surface area contributed by atoms with Crippen LogP contribution in [0, 0.1) is 37.5 Å². The number of aryl methyl sites for hydroxylation is 2. The number of carbonyl (C=O) groups is 2. The Kier molecular flexibility index (Phi) is 4.88. The molecular weight excluding hydrogens is 376 g/mol. The molecule has 3 saturated carbocycles. The zero-order chi connectivity index (χ0) is 20.8. The third-order valence-electron chi connectivity index (χ3n) is 7.43. The van der Waals surface area contributed by atoms with Gasteiger partial charge in [0.15, 0.2) is 0 Å². The third kappa shape index (κ3) is 3.32. The van der Waals surface area contributed by atoms with Crippen molar-refractivity contribution in [2.24, 2.45) is 23.7 Å². The van der Waals surface area contributed by atoms with Gasteiger partial charge in [-0.2, -0.15) is 0 Å². The highest BCUT2D eigenvalue weighted by atomic mass is 16.6. The van der Waals surface area contributed by atoms with Gasteiger partial charge in [0.1, 0.15) is 12.2 Å². The lowest BCUT2D eigenvalue weighted by molar-refractivity contribution is -0.0766. The van der Waals surface area contributed by atoms with Gasteiger partial charge in [0.2, 0.25) is 0 Å². The lowest BCUT2D eigenvalue weighted by Crippen LogP contribution is -2.45. The maximum atomic E-state index is 12.9. The number of benzene rings is 2. The molecule has 0 saturated heterocycles. The van der Waals surface area contributed by atoms with Gasteiger partial charge in [0, 0.05) is 11.8 Å². The summed E-state index contributed by atoms with van der Waals surface area (Å²) in [5.74, 6) is 1.15. The molecule has 0 spiro atoms. The number of esters is 2. The summed E-state index contributed by atoms with van der Waals surface area (Å²) in [5, 5.41) is 0. The smallest absolute Gasteiger partial charge is 0.338 e. The molecule has 2 aromatic carbocycles. The van der Waals surface area contributed by atoms with Crippen LogP contribution in [0.4, 0.5) is 0 Å². The lowest BCUT2D eigenvalue weighted by Gasteiger charge is -2.37. The molecule has 6 unspecified atom stereocenters. The molecule has 0 N–H and O–H groups in total. The second kappa shape index (κ2) is 7.57. The van der Waals surface area contributed by atoms with Crippen LogP contribution in [-0.2, 0) is 9.47 Å². The van der Waals surface area contributed by atoms with Crippen LogP contribution in [0.2, 0.25) is 0 Å². The van der Waals surface area contributed by atoms with Crippen molar-refractivity contribution in [2.75, 3.05) is 0 Å². The molecular formula is C26H28O4. The lowest BCUT2D eigenvalue weighted by atomic mass is 9.78. The Labute approximate surface area is 177 Å². The summed E-state index contributed by atoms with van der Waals surface area (Å²) in [7, 11) is 0. The molecule has 4 heteroatoms. The van der Waals surface area contributed by atoms with Crippen molar-refractivity contribution in [1.29, 1.82) is 0 Å². The summed E-state index contributed by atoms with van der Waals surface area (Å²) < 4.78 is 12.1. The maximum absolute atomic E-state index is 12.9. The molecule has 3 aliphatic carbocycles. The molecule has 0 radical (unpaired) electrons. The van der Waals surface area contributed by atoms with Crippen LogP contribution < -0.4 is 0 Å². The summed E-state index contributed by atoms with van der Waals surface area (Å²) in [6.07, 6.45) is 3.91. The van der Waals surface area contributed by atoms with Gasteiger partial charge in [-0.15, -0.1) is 0 Å². The molecule has 4 nitrogen and oxygen atoms in total. The van der Waals surface area contributed by atoms with Gasteiger partial charge in [-0.1, -0.05) is 41.8 Å². The summed E-state index contributed by atoms with van der Waals surface area (Å²) in [6.45, 7) is 3.92. The third-order valence-corrected chi connectivity index (χ3v) is 7.43. The first-order chi connectivity index (χ1) is 14.5. The molecule has 0 aliphatic heterocycles. The molecule has 6 atom stereocenters. The van der Waals surface area contributed by atoms with Crippen LogP contribution in [0.25, 0.3) is 0 Å². The topological polar surface area (TPSA) is 52.6 Å². The summed E-state index contributed by atoms with van der Waals surface area (Å²) in [6, 6.07) is 14.9. The largest absolute Gasteiger partial charge is 0.455 e. The first-order valence-corrected chi connectivity index (χ1v) is 11.1. The van der Waals surface area contributed by atoms with E-state index in [0.29, 0.717) is 34.8 Å². The maximum Gasteiger partial charge on any atom is 0.338 e. The number of fused-ring (bicyclic) bond motifs is 5. The van der Waals surface area contributed by atoms with Crippen molar-refractivity contribution < 1.29 is 19.1 Å². The average molecular weight is 405 g/mol. The number of carbonyl (C=O) groups excluding carboxylic acids is 2. The Morgan fingerprint density at radius 1 is 0.733 bits per heavy atom. The normalized spacial score (nSPS) is 31.4. The molecule has 2 aromatic rings. The van der Waals surface area contributed by atoms with Crippen molar-refractivity contribution >= 4 is 11.9 Å². The molecule has 0 amide bonds. The van der Waals surface area contributed by atoms with E-state index in [0.717, 1.165) is 17.5 Å². The Bertz CT molecular complexity index is 903. The zero-order valence-electron chi connectivity index (χ0n) is 17.5. The number of hydrogen-bond acceptors (Lipinski definition) is 4. The van der Waals surface area contributed by atoms with Gasteiger partial charge in [0.25, 0.3) is 0 Å². The minimum absolute atomic E-state index is 0.298. The van der Waals surface area contributed by atoms with Gasteiger partial charge in [-0.05, 0) is 69.2 Å². The van der Waals surface area contributed by atoms with Crippen LogP contribution in [-0.4, -0.2) is 24.1 Å². The average Bonchev–Trinajstić information content (AvgIpc) is 3.41. The van der Waals surface area contributed by atoms with E-state index in [-0.39, 0.29) is 24.1 Å². The van der Waals surface area contributed by atoms with Crippen molar-refractivity contribution in [2.45, 2.75) is 51.7 Å². The van der Waals surface area contributed by atoms with Crippen molar-refractivity contribution in [1.82, 2.24) is 0 Å². The van der Waals surface area contributed by atoms with Gasteiger partial charge >= 0.3 is 11.9 Å². The van der Waals surface area contributed by atoms with E-state index in [1.807, 2.05) is 50.2 Å². The van der Waals surface area contributed by atoms with Crippen LogP contribution in [0.15, 0.2) is 48.5 Å². The summed E-state index contributed by atoms with van der Waals surface area (Å²) in [5.41, 5.74) is 3.17.